The number of methoxy groups -OCH3 is 3. The average molecular weight is 170 g/mol. The summed E-state index contributed by atoms with van der Waals surface area (Å²) < 4.78 is 22.4. The summed E-state index contributed by atoms with van der Waals surface area (Å²) >= 11 is 0. The van der Waals surface area contributed by atoms with Gasteiger partial charge in [0.15, 0.2) is 11.5 Å². The first-order chi connectivity index (χ1) is 6.24. The van der Waals surface area contributed by atoms with Crippen LogP contribution in [-0.4, -0.2) is 26.3 Å². The maximum atomic E-state index is 7.42. The molecule has 1 heterocycles. The van der Waals surface area contributed by atoms with Gasteiger partial charge < -0.3 is 14.2 Å². The zero-order valence-corrected chi connectivity index (χ0v) is 7.25. The van der Waals surface area contributed by atoms with Crippen molar-refractivity contribution in [3.63, 3.8) is 0 Å². The highest BCUT2D eigenvalue weighted by atomic mass is 16.5. The predicted molar refractivity (Wildman–Crippen MR) is 43.9 cm³/mol. The maximum Gasteiger partial charge on any atom is 0.206 e. The van der Waals surface area contributed by atoms with Gasteiger partial charge in [-0.05, 0) is 0 Å². The Balaban J connectivity index is 3.27. The Morgan fingerprint density at radius 3 is 2.33 bits per heavy atom. The lowest BCUT2D eigenvalue weighted by atomic mass is 10.4. The van der Waals surface area contributed by atoms with Gasteiger partial charge in [-0.2, -0.15) is 0 Å². The standard InChI is InChI=1S/C8H11NO3/c1-10-6-4-9-5-7(11-2)8(6)12-3/h4-5H,1-3H3/i4D. The zero-order valence-electron chi connectivity index (χ0n) is 8.25. The molecule has 0 aliphatic heterocycles. The van der Waals surface area contributed by atoms with Gasteiger partial charge in [0.1, 0.15) is 0 Å². The van der Waals surface area contributed by atoms with E-state index in [-0.39, 0.29) is 11.9 Å². The molecule has 0 N–H and O–H groups in total. The molecule has 0 saturated carbocycles. The minimum Gasteiger partial charge on any atom is -0.491 e. The lowest BCUT2D eigenvalue weighted by Crippen LogP contribution is -1.95. The van der Waals surface area contributed by atoms with E-state index in [1.807, 2.05) is 0 Å². The minimum absolute atomic E-state index is 0.0279. The molecule has 0 aliphatic carbocycles. The van der Waals surface area contributed by atoms with E-state index in [4.69, 9.17) is 15.6 Å². The van der Waals surface area contributed by atoms with Crippen LogP contribution >= 0.6 is 0 Å². The fraction of sp³-hybridized carbons (Fsp3) is 0.375. The van der Waals surface area contributed by atoms with E-state index in [0.29, 0.717) is 11.5 Å². The highest BCUT2D eigenvalue weighted by Crippen LogP contribution is 2.34. The van der Waals surface area contributed by atoms with Crippen LogP contribution in [0.25, 0.3) is 0 Å². The Morgan fingerprint density at radius 1 is 1.17 bits per heavy atom. The van der Waals surface area contributed by atoms with Gasteiger partial charge in [-0.15, -0.1) is 0 Å². The quantitative estimate of drug-likeness (QED) is 0.681. The number of rotatable bonds is 3. The summed E-state index contributed by atoms with van der Waals surface area (Å²) in [4.78, 5) is 3.77. The van der Waals surface area contributed by atoms with Gasteiger partial charge in [-0.3, -0.25) is 4.98 Å². The second kappa shape index (κ2) is 3.80. The van der Waals surface area contributed by atoms with Crippen LogP contribution in [0.5, 0.6) is 17.2 Å². The second-order valence-electron chi connectivity index (χ2n) is 2.00. The molecule has 0 atom stereocenters. The maximum absolute atomic E-state index is 7.42. The molecule has 4 nitrogen and oxygen atoms in total. The molecule has 0 fully saturated rings. The van der Waals surface area contributed by atoms with Crippen LogP contribution in [0.15, 0.2) is 12.4 Å². The third-order valence-electron chi connectivity index (χ3n) is 1.41. The molecule has 0 spiro atoms. The SMILES string of the molecule is [2H]c1ncc(OC)c(OC)c1OC. The molecule has 0 unspecified atom stereocenters. The van der Waals surface area contributed by atoms with Crippen molar-refractivity contribution in [2.45, 2.75) is 0 Å². The van der Waals surface area contributed by atoms with Crippen LogP contribution in [0, 0.1) is 0 Å². The Morgan fingerprint density at radius 2 is 1.83 bits per heavy atom. The fourth-order valence-corrected chi connectivity index (χ4v) is 0.848. The Hall–Kier alpha value is -1.45. The van der Waals surface area contributed by atoms with Gasteiger partial charge in [0.05, 0.1) is 35.1 Å². The molecule has 1 rings (SSSR count). The molecule has 1 aromatic heterocycles. The lowest BCUT2D eigenvalue weighted by molar-refractivity contribution is 0.322. The number of ether oxygens (including phenoxy) is 3. The predicted octanol–water partition coefficient (Wildman–Crippen LogP) is 1.11. The van der Waals surface area contributed by atoms with E-state index in [1.54, 1.807) is 0 Å². The van der Waals surface area contributed by atoms with E-state index in [0.717, 1.165) is 0 Å². The van der Waals surface area contributed by atoms with E-state index < -0.39 is 0 Å². The van der Waals surface area contributed by atoms with E-state index >= 15 is 0 Å². The van der Waals surface area contributed by atoms with Crippen LogP contribution in [0.4, 0.5) is 0 Å². The number of aromatic nitrogens is 1. The third-order valence-corrected chi connectivity index (χ3v) is 1.41. The van der Waals surface area contributed by atoms with E-state index in [1.165, 1.54) is 27.5 Å². The van der Waals surface area contributed by atoms with Crippen LogP contribution in [0.3, 0.4) is 0 Å². The second-order valence-corrected chi connectivity index (χ2v) is 2.00. The van der Waals surface area contributed by atoms with Crippen molar-refractivity contribution in [2.75, 3.05) is 21.3 Å². The molecule has 12 heavy (non-hydrogen) atoms. The molecule has 0 radical (unpaired) electrons. The van der Waals surface area contributed by atoms with Gasteiger partial charge >= 0.3 is 0 Å². The molecule has 1 aromatic rings. The van der Waals surface area contributed by atoms with Crippen molar-refractivity contribution in [3.8, 4) is 17.2 Å². The summed E-state index contributed by atoms with van der Waals surface area (Å²) in [5.41, 5.74) is 0. The smallest absolute Gasteiger partial charge is 0.206 e. The summed E-state index contributed by atoms with van der Waals surface area (Å²) in [5.74, 6) is 1.13. The van der Waals surface area contributed by atoms with Crippen molar-refractivity contribution < 1.29 is 15.6 Å². The summed E-state index contributed by atoms with van der Waals surface area (Å²) in [6.07, 6.45) is 1.45. The van der Waals surface area contributed by atoms with Crippen LogP contribution in [0.1, 0.15) is 1.37 Å². The fourth-order valence-electron chi connectivity index (χ4n) is 0.848. The summed E-state index contributed by atoms with van der Waals surface area (Å²) in [5, 5.41) is 0. The molecule has 0 saturated heterocycles. The summed E-state index contributed by atoms with van der Waals surface area (Å²) in [7, 11) is 4.44. The first-order valence-electron chi connectivity index (χ1n) is 3.86. The molecular weight excluding hydrogens is 158 g/mol. The number of nitrogens with zero attached hydrogens (tertiary/aromatic N) is 1. The Kier molecular flexibility index (Phi) is 2.29. The number of pyridine rings is 1. The first-order valence-corrected chi connectivity index (χ1v) is 3.36. The largest absolute Gasteiger partial charge is 0.491 e. The average Bonchev–Trinajstić information content (AvgIpc) is 2.17. The summed E-state index contributed by atoms with van der Waals surface area (Å²) in [6, 6.07) is 0. The zero-order chi connectivity index (χ0) is 9.84. The summed E-state index contributed by atoms with van der Waals surface area (Å²) in [6.45, 7) is 0. The molecule has 0 amide bonds. The van der Waals surface area contributed by atoms with Gasteiger partial charge in [0.25, 0.3) is 0 Å². The van der Waals surface area contributed by atoms with Gasteiger partial charge in [-0.1, -0.05) is 0 Å². The molecule has 4 heteroatoms. The monoisotopic (exact) mass is 170 g/mol. The first kappa shape index (κ1) is 7.21. The van der Waals surface area contributed by atoms with Gasteiger partial charge in [0.2, 0.25) is 5.75 Å². The van der Waals surface area contributed by atoms with Crippen LogP contribution in [0.2, 0.25) is 0 Å². The molecule has 66 valence electrons. The molecular formula is C8H11NO3. The van der Waals surface area contributed by atoms with Crippen molar-refractivity contribution in [3.05, 3.63) is 12.4 Å². The van der Waals surface area contributed by atoms with Crippen LogP contribution in [-0.2, 0) is 0 Å². The molecule has 0 aliphatic rings. The van der Waals surface area contributed by atoms with Crippen molar-refractivity contribution in [2.24, 2.45) is 0 Å². The van der Waals surface area contributed by atoms with E-state index in [2.05, 4.69) is 4.98 Å². The normalized spacial score (nSPS) is 10.4. The van der Waals surface area contributed by atoms with Crippen molar-refractivity contribution >= 4 is 0 Å². The van der Waals surface area contributed by atoms with Gasteiger partial charge in [-0.25, -0.2) is 0 Å². The molecule has 0 aromatic carbocycles. The number of hydrogen-bond donors (Lipinski definition) is 0. The highest BCUT2D eigenvalue weighted by molar-refractivity contribution is 5.48. The van der Waals surface area contributed by atoms with Crippen LogP contribution < -0.4 is 14.2 Å². The number of hydrogen-bond acceptors (Lipinski definition) is 4. The van der Waals surface area contributed by atoms with E-state index in [9.17, 15) is 0 Å². The topological polar surface area (TPSA) is 40.6 Å². The van der Waals surface area contributed by atoms with Crippen molar-refractivity contribution in [1.29, 1.82) is 0 Å². The van der Waals surface area contributed by atoms with Crippen molar-refractivity contribution in [1.82, 2.24) is 4.98 Å². The highest BCUT2D eigenvalue weighted by Gasteiger charge is 2.09. The Bertz CT molecular complexity index is 304. The minimum atomic E-state index is 0.0279. The Labute approximate surface area is 72.5 Å². The lowest BCUT2D eigenvalue weighted by Gasteiger charge is -2.09. The third kappa shape index (κ3) is 1.42. The molecule has 0 bridgehead atoms. The van der Waals surface area contributed by atoms with Gasteiger partial charge in [0, 0.05) is 0 Å².